The molecule has 156 valence electrons. The summed E-state index contributed by atoms with van der Waals surface area (Å²) in [4.78, 5) is 58.0. The molecule has 1 unspecified atom stereocenters. The molecule has 2 heterocycles. The number of halogens is 2. The third-order valence-corrected chi connectivity index (χ3v) is 4.47. The average molecular weight is 437 g/mol. The molecule has 30 heavy (non-hydrogen) atoms. The lowest BCUT2D eigenvalue weighted by Crippen LogP contribution is -2.60. The molecule has 0 radical (unpaired) electrons. The van der Waals surface area contributed by atoms with Crippen LogP contribution in [0, 0.1) is 11.7 Å². The van der Waals surface area contributed by atoms with E-state index in [1.165, 1.54) is 18.3 Å². The third-order valence-electron chi connectivity index (χ3n) is 4.27. The number of phenolic OH excluding ortho intramolecular Hbond substituents is 1. The van der Waals surface area contributed by atoms with Crippen LogP contribution in [0.1, 0.15) is 0 Å². The van der Waals surface area contributed by atoms with Crippen LogP contribution in [0.3, 0.4) is 0 Å². The van der Waals surface area contributed by atoms with Gasteiger partial charge < -0.3 is 10.4 Å². The molecule has 10 nitrogen and oxygen atoms in total. The summed E-state index contributed by atoms with van der Waals surface area (Å²) in [7, 11) is 2.12. The molecule has 1 saturated heterocycles. The quantitative estimate of drug-likeness (QED) is 0.552. The molecule has 0 spiro atoms. The van der Waals surface area contributed by atoms with Crippen molar-refractivity contribution in [1.82, 2.24) is 14.9 Å². The topological polar surface area (TPSA) is 129 Å². The van der Waals surface area contributed by atoms with Crippen molar-refractivity contribution < 1.29 is 33.5 Å². The van der Waals surface area contributed by atoms with Crippen LogP contribution in [0.4, 0.5) is 14.9 Å². The standard InChI is InChI=1S/C18H14ClFN4O6/c1-23-16(27)13(17(28)24(30-2)18(23)29)15(26)22-11-4-3-8(5-12(11)25)14-10(20)6-9(19)7-21-14/h3-7,13,25H,1-2H3,(H,22,26). The Morgan fingerprint density at radius 3 is 2.57 bits per heavy atom. The van der Waals surface area contributed by atoms with E-state index in [-0.39, 0.29) is 27.0 Å². The van der Waals surface area contributed by atoms with Crippen molar-refractivity contribution in [2.75, 3.05) is 19.5 Å². The number of hydrogen-bond donors (Lipinski definition) is 2. The maximum atomic E-state index is 14.0. The fourth-order valence-corrected chi connectivity index (χ4v) is 2.89. The lowest BCUT2D eigenvalue weighted by molar-refractivity contribution is -0.178. The van der Waals surface area contributed by atoms with Gasteiger partial charge >= 0.3 is 6.03 Å². The van der Waals surface area contributed by atoms with Crippen molar-refractivity contribution in [1.29, 1.82) is 0 Å². The van der Waals surface area contributed by atoms with E-state index in [4.69, 9.17) is 11.6 Å². The highest BCUT2D eigenvalue weighted by Crippen LogP contribution is 2.31. The Balaban J connectivity index is 1.85. The predicted octanol–water partition coefficient (Wildman–Crippen LogP) is 1.78. The van der Waals surface area contributed by atoms with Gasteiger partial charge in [0.05, 0.1) is 17.8 Å². The Kier molecular flexibility index (Phi) is 5.67. The number of benzene rings is 1. The highest BCUT2D eigenvalue weighted by Gasteiger charge is 2.49. The van der Waals surface area contributed by atoms with E-state index in [9.17, 15) is 28.7 Å². The van der Waals surface area contributed by atoms with E-state index in [1.54, 1.807) is 0 Å². The predicted molar refractivity (Wildman–Crippen MR) is 100 cm³/mol. The van der Waals surface area contributed by atoms with Crippen LogP contribution in [0.5, 0.6) is 5.75 Å². The number of nitrogens with one attached hydrogen (secondary N) is 1. The number of carbonyl (C=O) groups excluding carboxylic acids is 4. The van der Waals surface area contributed by atoms with Crippen molar-refractivity contribution in [2.24, 2.45) is 5.92 Å². The van der Waals surface area contributed by atoms with Crippen molar-refractivity contribution in [3.05, 3.63) is 41.3 Å². The van der Waals surface area contributed by atoms with Crippen molar-refractivity contribution in [2.45, 2.75) is 0 Å². The van der Waals surface area contributed by atoms with Crippen LogP contribution in [0.15, 0.2) is 30.5 Å². The number of hydrogen-bond acceptors (Lipinski definition) is 7. The molecule has 2 aromatic rings. The Hall–Kier alpha value is -3.57. The molecule has 0 aliphatic carbocycles. The molecule has 0 saturated carbocycles. The number of barbiturate groups is 1. The lowest BCUT2D eigenvalue weighted by Gasteiger charge is -2.32. The molecule has 1 atom stereocenters. The number of imide groups is 2. The molecular weight excluding hydrogens is 423 g/mol. The second-order valence-corrected chi connectivity index (χ2v) is 6.57. The first kappa shape index (κ1) is 21.1. The minimum atomic E-state index is -1.90. The van der Waals surface area contributed by atoms with Gasteiger partial charge in [-0.05, 0) is 18.2 Å². The summed E-state index contributed by atoms with van der Waals surface area (Å²) < 4.78 is 14.0. The molecular formula is C18H14ClFN4O6. The van der Waals surface area contributed by atoms with Crippen molar-refractivity contribution in [3.8, 4) is 17.0 Å². The molecule has 1 aromatic heterocycles. The minimum absolute atomic E-state index is 0.0823. The van der Waals surface area contributed by atoms with Crippen LogP contribution >= 0.6 is 11.6 Å². The zero-order valence-electron chi connectivity index (χ0n) is 15.6. The van der Waals surface area contributed by atoms with E-state index in [0.29, 0.717) is 4.90 Å². The Labute approximate surface area is 173 Å². The first-order valence-corrected chi connectivity index (χ1v) is 8.68. The first-order valence-electron chi connectivity index (χ1n) is 8.30. The van der Waals surface area contributed by atoms with Gasteiger partial charge in [0.1, 0.15) is 11.4 Å². The van der Waals surface area contributed by atoms with Crippen molar-refractivity contribution in [3.63, 3.8) is 0 Å². The van der Waals surface area contributed by atoms with Gasteiger partial charge in [-0.1, -0.05) is 17.7 Å². The zero-order chi connectivity index (χ0) is 22.2. The number of carbonyl (C=O) groups is 4. The molecule has 5 amide bonds. The van der Waals surface area contributed by atoms with Gasteiger partial charge in [0, 0.05) is 18.8 Å². The van der Waals surface area contributed by atoms with Crippen molar-refractivity contribution >= 4 is 41.0 Å². The van der Waals surface area contributed by atoms with Crippen LogP contribution < -0.4 is 5.32 Å². The van der Waals surface area contributed by atoms with Gasteiger partial charge in [-0.2, -0.15) is 0 Å². The number of aromatic nitrogens is 1. The summed E-state index contributed by atoms with van der Waals surface area (Å²) in [6.45, 7) is 0. The normalized spacial score (nSPS) is 16.8. The average Bonchev–Trinajstić information content (AvgIpc) is 2.68. The van der Waals surface area contributed by atoms with Gasteiger partial charge in [0.15, 0.2) is 11.7 Å². The van der Waals surface area contributed by atoms with E-state index < -0.39 is 41.2 Å². The molecule has 1 fully saturated rings. The highest BCUT2D eigenvalue weighted by atomic mass is 35.5. The smallest absolute Gasteiger partial charge is 0.357 e. The molecule has 1 aliphatic rings. The number of anilines is 1. The molecule has 12 heteroatoms. The van der Waals surface area contributed by atoms with E-state index in [2.05, 4.69) is 15.1 Å². The number of aromatic hydroxyl groups is 1. The molecule has 0 bridgehead atoms. The second-order valence-electron chi connectivity index (χ2n) is 6.13. The van der Waals surface area contributed by atoms with Crippen LogP contribution in [-0.4, -0.2) is 58.0 Å². The van der Waals surface area contributed by atoms with E-state index in [0.717, 1.165) is 26.3 Å². The zero-order valence-corrected chi connectivity index (χ0v) is 16.3. The molecule has 1 aromatic carbocycles. The van der Waals surface area contributed by atoms with Crippen LogP contribution in [-0.2, 0) is 19.2 Å². The monoisotopic (exact) mass is 436 g/mol. The van der Waals surface area contributed by atoms with Gasteiger partial charge in [-0.15, -0.1) is 5.06 Å². The lowest BCUT2D eigenvalue weighted by atomic mass is 10.0. The van der Waals surface area contributed by atoms with E-state index in [1.807, 2.05) is 0 Å². The number of rotatable bonds is 4. The Bertz CT molecular complexity index is 1080. The second kappa shape index (κ2) is 8.05. The number of phenols is 1. The van der Waals surface area contributed by atoms with Crippen LogP contribution in [0.2, 0.25) is 5.02 Å². The van der Waals surface area contributed by atoms with Crippen LogP contribution in [0.25, 0.3) is 11.3 Å². The first-order chi connectivity index (χ1) is 14.1. The van der Waals surface area contributed by atoms with Gasteiger partial charge in [0.25, 0.3) is 11.8 Å². The molecule has 3 rings (SSSR count). The highest BCUT2D eigenvalue weighted by molar-refractivity contribution is 6.30. The summed E-state index contributed by atoms with van der Waals surface area (Å²) in [5.74, 6) is -6.41. The summed E-state index contributed by atoms with van der Waals surface area (Å²) in [5.41, 5.74) is -0.0382. The van der Waals surface area contributed by atoms with E-state index >= 15 is 0 Å². The van der Waals surface area contributed by atoms with Gasteiger partial charge in [-0.25, -0.2) is 9.18 Å². The number of urea groups is 1. The number of amides is 5. The SMILES string of the molecule is CON1C(=O)C(C(=O)Nc2ccc(-c3ncc(Cl)cc3F)cc2O)C(=O)N(C)C1=O. The molecule has 2 N–H and O–H groups in total. The fourth-order valence-electron chi connectivity index (χ4n) is 2.75. The van der Waals surface area contributed by atoms with Gasteiger partial charge in [0.2, 0.25) is 5.91 Å². The Morgan fingerprint density at radius 2 is 1.97 bits per heavy atom. The maximum Gasteiger partial charge on any atom is 0.357 e. The molecule has 1 aliphatic heterocycles. The minimum Gasteiger partial charge on any atom is -0.506 e. The maximum absolute atomic E-state index is 14.0. The Morgan fingerprint density at radius 1 is 1.27 bits per heavy atom. The largest absolute Gasteiger partial charge is 0.506 e. The summed E-state index contributed by atoms with van der Waals surface area (Å²) >= 11 is 5.66. The fraction of sp³-hybridized carbons (Fsp3) is 0.167. The summed E-state index contributed by atoms with van der Waals surface area (Å²) in [6.07, 6.45) is 1.23. The third kappa shape index (κ3) is 3.67. The number of hydroxylamine groups is 2. The summed E-state index contributed by atoms with van der Waals surface area (Å²) in [5, 5.41) is 12.8. The number of nitrogens with zero attached hydrogens (tertiary/aromatic N) is 3. The number of pyridine rings is 1. The van der Waals surface area contributed by atoms with Gasteiger partial charge in [-0.3, -0.25) is 29.1 Å². The summed E-state index contributed by atoms with van der Waals surface area (Å²) in [6, 6.07) is 3.74.